The van der Waals surface area contributed by atoms with Gasteiger partial charge in [0.2, 0.25) is 5.95 Å². The molecule has 1 aromatic carbocycles. The zero-order valence-corrected chi connectivity index (χ0v) is 13.7. The molecule has 5 heteroatoms. The van der Waals surface area contributed by atoms with Crippen LogP contribution in [0.25, 0.3) is 0 Å². The van der Waals surface area contributed by atoms with Crippen LogP contribution in [-0.2, 0) is 11.3 Å². The van der Waals surface area contributed by atoms with E-state index < -0.39 is 0 Å². The average molecular weight is 300 g/mol. The van der Waals surface area contributed by atoms with Crippen LogP contribution < -0.4 is 10.2 Å². The highest BCUT2D eigenvalue weighted by Gasteiger charge is 2.11. The number of hydrogen-bond donors (Lipinski definition) is 1. The molecule has 0 saturated carbocycles. The lowest BCUT2D eigenvalue weighted by Crippen LogP contribution is -2.26. The van der Waals surface area contributed by atoms with Gasteiger partial charge in [0.05, 0.1) is 18.3 Å². The van der Waals surface area contributed by atoms with Crippen molar-refractivity contribution in [2.24, 2.45) is 0 Å². The first-order valence-corrected chi connectivity index (χ1v) is 7.39. The number of ether oxygens (including phenoxy) is 1. The van der Waals surface area contributed by atoms with Crippen LogP contribution in [0.15, 0.2) is 36.4 Å². The summed E-state index contributed by atoms with van der Waals surface area (Å²) in [6.07, 6.45) is 0. The van der Waals surface area contributed by atoms with Crippen LogP contribution in [0.2, 0.25) is 0 Å². The molecule has 0 radical (unpaired) electrons. The molecule has 0 fully saturated rings. The predicted molar refractivity (Wildman–Crippen MR) is 89.0 cm³/mol. The lowest BCUT2D eigenvalue weighted by Gasteiger charge is -2.19. The van der Waals surface area contributed by atoms with Crippen molar-refractivity contribution in [3.63, 3.8) is 0 Å². The third kappa shape index (κ3) is 4.51. The van der Waals surface area contributed by atoms with Gasteiger partial charge >= 0.3 is 0 Å². The predicted octanol–water partition coefficient (Wildman–Crippen LogP) is 2.33. The Bertz CT molecular complexity index is 586. The largest absolute Gasteiger partial charge is 0.383 e. The summed E-state index contributed by atoms with van der Waals surface area (Å²) in [4.78, 5) is 10.9. The molecule has 2 aromatic rings. The molecule has 0 saturated heterocycles. The molecule has 0 aliphatic heterocycles. The summed E-state index contributed by atoms with van der Waals surface area (Å²) in [5.41, 5.74) is 3.16. The molecule has 0 amide bonds. The second kappa shape index (κ2) is 7.87. The van der Waals surface area contributed by atoms with Crippen molar-refractivity contribution >= 4 is 5.95 Å². The number of benzene rings is 1. The quantitative estimate of drug-likeness (QED) is 0.850. The van der Waals surface area contributed by atoms with Crippen molar-refractivity contribution in [1.29, 1.82) is 0 Å². The monoisotopic (exact) mass is 300 g/mol. The van der Waals surface area contributed by atoms with Crippen molar-refractivity contribution in [2.45, 2.75) is 19.5 Å². The Morgan fingerprint density at radius 3 is 2.55 bits per heavy atom. The maximum Gasteiger partial charge on any atom is 0.225 e. The van der Waals surface area contributed by atoms with E-state index >= 15 is 0 Å². The van der Waals surface area contributed by atoms with Gasteiger partial charge < -0.3 is 15.0 Å². The molecular formula is C17H24N4O. The number of rotatable bonds is 7. The minimum atomic E-state index is 0.143. The summed E-state index contributed by atoms with van der Waals surface area (Å²) < 4.78 is 5.33. The Balaban J connectivity index is 2.09. The molecule has 1 aromatic heterocycles. The second-order valence-electron chi connectivity index (χ2n) is 5.49. The zero-order chi connectivity index (χ0) is 15.9. The molecule has 5 nitrogen and oxygen atoms in total. The Labute approximate surface area is 132 Å². The van der Waals surface area contributed by atoms with Gasteiger partial charge in [-0.15, -0.1) is 0 Å². The number of methoxy groups -OCH3 is 1. The zero-order valence-electron chi connectivity index (χ0n) is 13.7. The molecule has 1 N–H and O–H groups in total. The van der Waals surface area contributed by atoms with E-state index in [-0.39, 0.29) is 6.04 Å². The summed E-state index contributed by atoms with van der Waals surface area (Å²) in [5.74, 6) is 0.736. The van der Waals surface area contributed by atoms with E-state index in [9.17, 15) is 0 Å². The smallest absolute Gasteiger partial charge is 0.225 e. The summed E-state index contributed by atoms with van der Waals surface area (Å²) in [6, 6.07) is 12.5. The van der Waals surface area contributed by atoms with Crippen LogP contribution in [-0.4, -0.2) is 37.8 Å². The maximum atomic E-state index is 5.33. The summed E-state index contributed by atoms with van der Waals surface area (Å²) >= 11 is 0. The van der Waals surface area contributed by atoms with Crippen molar-refractivity contribution in [2.75, 3.05) is 32.7 Å². The fourth-order valence-corrected chi connectivity index (χ4v) is 2.26. The molecule has 0 aliphatic carbocycles. The van der Waals surface area contributed by atoms with Gasteiger partial charge in [-0.05, 0) is 18.6 Å². The Kier molecular flexibility index (Phi) is 5.86. The fraction of sp³-hybridized carbons (Fsp3) is 0.412. The molecule has 0 aliphatic rings. The standard InChI is InChI=1S/C17H24N4O/c1-13-10-15(20-17(19-13)21(2)3)11-18-16(12-22-4)14-8-6-5-7-9-14/h5-10,16,18H,11-12H2,1-4H3. The van der Waals surface area contributed by atoms with Crippen LogP contribution in [0.4, 0.5) is 5.95 Å². The average Bonchev–Trinajstić information content (AvgIpc) is 2.51. The third-order valence-corrected chi connectivity index (χ3v) is 3.36. The molecule has 1 unspecified atom stereocenters. The number of nitrogens with one attached hydrogen (secondary N) is 1. The molecular weight excluding hydrogens is 276 g/mol. The van der Waals surface area contributed by atoms with Crippen molar-refractivity contribution in [1.82, 2.24) is 15.3 Å². The van der Waals surface area contributed by atoms with Gasteiger partial charge in [0.1, 0.15) is 0 Å². The van der Waals surface area contributed by atoms with E-state index in [0.717, 1.165) is 17.3 Å². The number of nitrogens with zero attached hydrogens (tertiary/aromatic N) is 3. The minimum Gasteiger partial charge on any atom is -0.383 e. The first kappa shape index (κ1) is 16.4. The lowest BCUT2D eigenvalue weighted by atomic mass is 10.1. The fourth-order valence-electron chi connectivity index (χ4n) is 2.26. The van der Waals surface area contributed by atoms with Crippen molar-refractivity contribution < 1.29 is 4.74 Å². The topological polar surface area (TPSA) is 50.3 Å². The normalized spacial score (nSPS) is 12.2. The Hall–Kier alpha value is -1.98. The number of anilines is 1. The molecule has 22 heavy (non-hydrogen) atoms. The summed E-state index contributed by atoms with van der Waals surface area (Å²) in [5, 5.41) is 3.51. The minimum absolute atomic E-state index is 0.143. The van der Waals surface area contributed by atoms with Crippen molar-refractivity contribution in [3.05, 3.63) is 53.3 Å². The van der Waals surface area contributed by atoms with Gasteiger partial charge in [-0.1, -0.05) is 30.3 Å². The first-order valence-electron chi connectivity index (χ1n) is 7.39. The highest BCUT2D eigenvalue weighted by molar-refractivity contribution is 5.30. The van der Waals surface area contributed by atoms with E-state index in [1.807, 2.05) is 50.2 Å². The van der Waals surface area contributed by atoms with Gasteiger partial charge in [-0.3, -0.25) is 0 Å². The van der Waals surface area contributed by atoms with Gasteiger partial charge in [0.15, 0.2) is 0 Å². The van der Waals surface area contributed by atoms with E-state index in [1.165, 1.54) is 5.56 Å². The second-order valence-corrected chi connectivity index (χ2v) is 5.49. The van der Waals surface area contributed by atoms with Gasteiger partial charge in [-0.25, -0.2) is 9.97 Å². The Morgan fingerprint density at radius 2 is 1.91 bits per heavy atom. The number of aromatic nitrogens is 2. The highest BCUT2D eigenvalue weighted by Crippen LogP contribution is 2.14. The molecule has 1 atom stereocenters. The molecule has 118 valence electrons. The van der Waals surface area contributed by atoms with Crippen LogP contribution in [0.3, 0.4) is 0 Å². The number of hydrogen-bond acceptors (Lipinski definition) is 5. The first-order chi connectivity index (χ1) is 10.6. The van der Waals surface area contributed by atoms with E-state index in [0.29, 0.717) is 13.2 Å². The van der Waals surface area contributed by atoms with Crippen LogP contribution in [0.1, 0.15) is 23.0 Å². The molecule has 0 bridgehead atoms. The van der Waals surface area contributed by atoms with Gasteiger partial charge in [0, 0.05) is 33.4 Å². The van der Waals surface area contributed by atoms with Crippen molar-refractivity contribution in [3.8, 4) is 0 Å². The van der Waals surface area contributed by atoms with E-state index in [1.54, 1.807) is 7.11 Å². The Morgan fingerprint density at radius 1 is 1.18 bits per heavy atom. The van der Waals surface area contributed by atoms with Crippen LogP contribution >= 0.6 is 0 Å². The van der Waals surface area contributed by atoms with Crippen LogP contribution in [0.5, 0.6) is 0 Å². The van der Waals surface area contributed by atoms with E-state index in [4.69, 9.17) is 4.74 Å². The summed E-state index contributed by atoms with van der Waals surface area (Å²) in [7, 11) is 5.62. The SMILES string of the molecule is COCC(NCc1cc(C)nc(N(C)C)n1)c1ccccc1. The van der Waals surface area contributed by atoms with E-state index in [2.05, 4.69) is 27.4 Å². The lowest BCUT2D eigenvalue weighted by molar-refractivity contribution is 0.166. The third-order valence-electron chi connectivity index (χ3n) is 3.36. The molecule has 1 heterocycles. The highest BCUT2D eigenvalue weighted by atomic mass is 16.5. The van der Waals surface area contributed by atoms with Crippen LogP contribution in [0, 0.1) is 6.92 Å². The number of aryl methyl sites for hydroxylation is 1. The van der Waals surface area contributed by atoms with Gasteiger partial charge in [0.25, 0.3) is 0 Å². The maximum absolute atomic E-state index is 5.33. The molecule has 2 rings (SSSR count). The van der Waals surface area contributed by atoms with Gasteiger partial charge in [-0.2, -0.15) is 0 Å². The summed E-state index contributed by atoms with van der Waals surface area (Å²) in [6.45, 7) is 3.28. The molecule has 0 spiro atoms.